The van der Waals surface area contributed by atoms with E-state index in [1.165, 1.54) is 11.5 Å². The Bertz CT molecular complexity index is 258. The fraction of sp³-hybridized carbons (Fsp3) is 0.750. The molecular weight excluding hydrogens is 198 g/mol. The maximum atomic E-state index is 5.40. The van der Waals surface area contributed by atoms with Crippen LogP contribution in [0, 0.1) is 0 Å². The number of nitrogens with one attached hydrogen (secondary N) is 1. The van der Waals surface area contributed by atoms with Gasteiger partial charge in [0.2, 0.25) is 11.1 Å². The molecule has 0 radical (unpaired) electrons. The Morgan fingerprint density at radius 1 is 1.43 bits per heavy atom. The molecule has 0 amide bonds. The van der Waals surface area contributed by atoms with Crippen LogP contribution >= 0.6 is 11.5 Å². The molecule has 0 aliphatic rings. The van der Waals surface area contributed by atoms with E-state index in [4.69, 9.17) is 5.73 Å². The van der Waals surface area contributed by atoms with Gasteiger partial charge in [0.15, 0.2) is 0 Å². The normalized spacial score (nSPS) is 10.8. The molecule has 6 heteroatoms. The molecule has 0 saturated heterocycles. The fourth-order valence-electron chi connectivity index (χ4n) is 1.17. The second kappa shape index (κ2) is 5.77. The molecule has 0 saturated carbocycles. The summed E-state index contributed by atoms with van der Waals surface area (Å²) in [5.41, 5.74) is 5.40. The average Bonchev–Trinajstić information content (AvgIpc) is 2.59. The van der Waals surface area contributed by atoms with Gasteiger partial charge >= 0.3 is 0 Å². The van der Waals surface area contributed by atoms with Crippen molar-refractivity contribution in [3.8, 4) is 0 Å². The maximum absolute atomic E-state index is 5.40. The van der Waals surface area contributed by atoms with E-state index in [-0.39, 0.29) is 0 Å². The summed E-state index contributed by atoms with van der Waals surface area (Å²) in [5.74, 6) is 0.348. The minimum Gasteiger partial charge on any atom is -0.367 e. The lowest BCUT2D eigenvalue weighted by Crippen LogP contribution is -2.28. The quantitative estimate of drug-likeness (QED) is 0.737. The van der Waals surface area contributed by atoms with Gasteiger partial charge in [-0.05, 0) is 13.1 Å². The van der Waals surface area contributed by atoms with Crippen molar-refractivity contribution in [1.82, 2.24) is 14.3 Å². The van der Waals surface area contributed by atoms with Crippen LogP contribution in [0.15, 0.2) is 0 Å². The van der Waals surface area contributed by atoms with Gasteiger partial charge in [0.25, 0.3) is 0 Å². The number of hydrogen-bond donors (Lipinski definition) is 2. The molecule has 0 unspecified atom stereocenters. The highest BCUT2D eigenvalue weighted by molar-refractivity contribution is 7.09. The SMILES string of the molecule is CCN(CC)CCNc1nc(N)ns1. The molecule has 1 aromatic heterocycles. The Kier molecular flexibility index (Phi) is 4.61. The smallest absolute Gasteiger partial charge is 0.233 e. The Morgan fingerprint density at radius 2 is 2.14 bits per heavy atom. The first-order valence-electron chi connectivity index (χ1n) is 4.81. The number of nitrogens with zero attached hydrogens (tertiary/aromatic N) is 3. The summed E-state index contributed by atoms with van der Waals surface area (Å²) in [6.45, 7) is 8.38. The van der Waals surface area contributed by atoms with E-state index >= 15 is 0 Å². The number of nitrogens with two attached hydrogens (primary N) is 1. The van der Waals surface area contributed by atoms with Crippen LogP contribution in [-0.2, 0) is 0 Å². The van der Waals surface area contributed by atoms with Crippen molar-refractivity contribution < 1.29 is 0 Å². The first kappa shape index (κ1) is 11.2. The van der Waals surface area contributed by atoms with Gasteiger partial charge in [0.05, 0.1) is 0 Å². The largest absolute Gasteiger partial charge is 0.367 e. The van der Waals surface area contributed by atoms with E-state index in [1.807, 2.05) is 0 Å². The molecular formula is C8H17N5S. The zero-order valence-electron chi connectivity index (χ0n) is 8.66. The summed E-state index contributed by atoms with van der Waals surface area (Å²) >= 11 is 1.30. The number of nitrogen functional groups attached to an aromatic ring is 1. The molecule has 0 bridgehead atoms. The van der Waals surface area contributed by atoms with Crippen LogP contribution in [0.2, 0.25) is 0 Å². The highest BCUT2D eigenvalue weighted by Gasteiger charge is 2.01. The monoisotopic (exact) mass is 215 g/mol. The van der Waals surface area contributed by atoms with Gasteiger partial charge in [-0.25, -0.2) is 0 Å². The highest BCUT2D eigenvalue weighted by atomic mass is 32.1. The first-order valence-corrected chi connectivity index (χ1v) is 5.59. The molecule has 0 aliphatic heterocycles. The molecule has 1 rings (SSSR count). The number of rotatable bonds is 6. The lowest BCUT2D eigenvalue weighted by atomic mass is 10.5. The van der Waals surface area contributed by atoms with E-state index in [9.17, 15) is 0 Å². The van der Waals surface area contributed by atoms with Crippen LogP contribution in [0.1, 0.15) is 13.8 Å². The zero-order chi connectivity index (χ0) is 10.4. The molecule has 14 heavy (non-hydrogen) atoms. The van der Waals surface area contributed by atoms with Crippen molar-refractivity contribution in [2.24, 2.45) is 0 Å². The minimum atomic E-state index is 0.348. The number of anilines is 2. The van der Waals surface area contributed by atoms with Crippen molar-refractivity contribution in [3.63, 3.8) is 0 Å². The molecule has 0 fully saturated rings. The van der Waals surface area contributed by atoms with Crippen LogP contribution < -0.4 is 11.1 Å². The summed E-state index contributed by atoms with van der Waals surface area (Å²) in [6, 6.07) is 0. The first-order chi connectivity index (χ1) is 6.76. The predicted octanol–water partition coefficient (Wildman–Crippen LogP) is 0.874. The molecule has 80 valence electrons. The van der Waals surface area contributed by atoms with Crippen LogP contribution in [-0.4, -0.2) is 40.4 Å². The average molecular weight is 215 g/mol. The fourth-order valence-corrected chi connectivity index (χ4v) is 1.69. The number of likely N-dealkylation sites (N-methyl/N-ethyl adjacent to an activating group) is 1. The van der Waals surface area contributed by atoms with Crippen molar-refractivity contribution >= 4 is 22.6 Å². The standard InChI is InChI=1S/C8H17N5S/c1-3-13(4-2)6-5-10-8-11-7(9)12-14-8/h3-6H2,1-2H3,(H3,9,10,11,12). The van der Waals surface area contributed by atoms with Crippen molar-refractivity contribution in [2.75, 3.05) is 37.2 Å². The van der Waals surface area contributed by atoms with Crippen molar-refractivity contribution in [3.05, 3.63) is 0 Å². The Labute approximate surface area is 88.5 Å². The molecule has 3 N–H and O–H groups in total. The van der Waals surface area contributed by atoms with Crippen LogP contribution in [0.3, 0.4) is 0 Å². The summed E-state index contributed by atoms with van der Waals surface area (Å²) < 4.78 is 3.89. The van der Waals surface area contributed by atoms with Gasteiger partial charge in [-0.1, -0.05) is 13.8 Å². The zero-order valence-corrected chi connectivity index (χ0v) is 9.47. The van der Waals surface area contributed by atoms with E-state index in [2.05, 4.69) is 33.4 Å². The summed E-state index contributed by atoms with van der Waals surface area (Å²) in [6.07, 6.45) is 0. The lowest BCUT2D eigenvalue weighted by molar-refractivity contribution is 0.316. The van der Waals surface area contributed by atoms with Gasteiger partial charge in [-0.3, -0.25) is 0 Å². The number of aromatic nitrogens is 2. The van der Waals surface area contributed by atoms with Gasteiger partial charge in [0.1, 0.15) is 0 Å². The van der Waals surface area contributed by atoms with E-state index in [0.29, 0.717) is 5.95 Å². The Morgan fingerprint density at radius 3 is 2.64 bits per heavy atom. The summed E-state index contributed by atoms with van der Waals surface area (Å²) in [7, 11) is 0. The third kappa shape index (κ3) is 3.47. The minimum absolute atomic E-state index is 0.348. The Balaban J connectivity index is 2.21. The van der Waals surface area contributed by atoms with Gasteiger partial charge in [-0.2, -0.15) is 9.36 Å². The van der Waals surface area contributed by atoms with Crippen LogP contribution in [0.4, 0.5) is 11.1 Å². The summed E-state index contributed by atoms with van der Waals surface area (Å²) in [4.78, 5) is 6.36. The molecule has 0 spiro atoms. The molecule has 1 aromatic rings. The van der Waals surface area contributed by atoms with Gasteiger partial charge in [0, 0.05) is 24.6 Å². The van der Waals surface area contributed by atoms with Crippen molar-refractivity contribution in [1.29, 1.82) is 0 Å². The van der Waals surface area contributed by atoms with E-state index in [0.717, 1.165) is 31.3 Å². The van der Waals surface area contributed by atoms with Crippen LogP contribution in [0.25, 0.3) is 0 Å². The molecule has 0 atom stereocenters. The third-order valence-corrected chi connectivity index (χ3v) is 2.73. The molecule has 5 nitrogen and oxygen atoms in total. The molecule has 0 aliphatic carbocycles. The second-order valence-electron chi connectivity index (χ2n) is 2.91. The van der Waals surface area contributed by atoms with Crippen molar-refractivity contribution in [2.45, 2.75) is 13.8 Å². The Hall–Kier alpha value is -0.880. The van der Waals surface area contributed by atoms with Gasteiger partial charge in [-0.15, -0.1) is 0 Å². The van der Waals surface area contributed by atoms with E-state index in [1.54, 1.807) is 0 Å². The van der Waals surface area contributed by atoms with Gasteiger partial charge < -0.3 is 16.0 Å². The lowest BCUT2D eigenvalue weighted by Gasteiger charge is -2.17. The predicted molar refractivity (Wildman–Crippen MR) is 60.6 cm³/mol. The van der Waals surface area contributed by atoms with Crippen LogP contribution in [0.5, 0.6) is 0 Å². The maximum Gasteiger partial charge on any atom is 0.233 e. The van der Waals surface area contributed by atoms with E-state index < -0.39 is 0 Å². The molecule has 1 heterocycles. The summed E-state index contributed by atoms with van der Waals surface area (Å²) in [5, 5.41) is 3.99. The number of hydrogen-bond acceptors (Lipinski definition) is 6. The topological polar surface area (TPSA) is 67.1 Å². The third-order valence-electron chi connectivity index (χ3n) is 2.04. The second-order valence-corrected chi connectivity index (χ2v) is 3.66. The molecule has 0 aromatic carbocycles. The highest BCUT2D eigenvalue weighted by Crippen LogP contribution is 2.10.